The Balaban J connectivity index is 0.00000225. The molecule has 90 valence electrons. The normalized spacial score (nSPS) is 9.31. The molecular weight excluding hydrogens is 224 g/mol. The second-order valence-corrected chi connectivity index (χ2v) is 3.62. The van der Waals surface area contributed by atoms with Gasteiger partial charge in [-0.25, -0.2) is 0 Å². The standard InChI is InChI=1S/C12H18N2O.ClH/c1-2-3-8-14-12(15)9-10-4-6-11(13)7-5-10;/h4-7H,2-3,8-9,13H2,1H3,(H,14,15);1H. The van der Waals surface area contributed by atoms with Crippen LogP contribution in [0.2, 0.25) is 0 Å². The molecule has 1 aromatic rings. The Morgan fingerprint density at radius 2 is 1.94 bits per heavy atom. The lowest BCUT2D eigenvalue weighted by molar-refractivity contribution is -0.120. The first-order valence-corrected chi connectivity index (χ1v) is 5.33. The van der Waals surface area contributed by atoms with E-state index in [-0.39, 0.29) is 18.3 Å². The minimum atomic E-state index is 0. The predicted molar refractivity (Wildman–Crippen MR) is 69.7 cm³/mol. The largest absolute Gasteiger partial charge is 0.399 e. The Hall–Kier alpha value is -1.22. The molecule has 0 aliphatic rings. The molecule has 16 heavy (non-hydrogen) atoms. The summed E-state index contributed by atoms with van der Waals surface area (Å²) in [6.45, 7) is 2.87. The number of unbranched alkanes of at least 4 members (excludes halogenated alkanes) is 1. The maximum atomic E-state index is 11.4. The Morgan fingerprint density at radius 1 is 1.31 bits per heavy atom. The van der Waals surface area contributed by atoms with Crippen molar-refractivity contribution in [3.63, 3.8) is 0 Å². The summed E-state index contributed by atoms with van der Waals surface area (Å²) in [6, 6.07) is 7.40. The van der Waals surface area contributed by atoms with Crippen molar-refractivity contribution in [2.45, 2.75) is 26.2 Å². The highest BCUT2D eigenvalue weighted by Gasteiger charge is 2.01. The highest BCUT2D eigenvalue weighted by molar-refractivity contribution is 5.85. The second kappa shape index (κ2) is 7.99. The average Bonchev–Trinajstić information content (AvgIpc) is 2.22. The van der Waals surface area contributed by atoms with Gasteiger partial charge in [0.05, 0.1) is 6.42 Å². The quantitative estimate of drug-likeness (QED) is 0.614. The SMILES string of the molecule is CCCCNC(=O)Cc1ccc(N)cc1.Cl. The van der Waals surface area contributed by atoms with Gasteiger partial charge in [-0.15, -0.1) is 12.4 Å². The van der Waals surface area contributed by atoms with Crippen LogP contribution in [0.5, 0.6) is 0 Å². The highest BCUT2D eigenvalue weighted by Crippen LogP contribution is 2.05. The topological polar surface area (TPSA) is 55.1 Å². The zero-order valence-electron chi connectivity index (χ0n) is 9.53. The van der Waals surface area contributed by atoms with Crippen LogP contribution in [0.4, 0.5) is 5.69 Å². The van der Waals surface area contributed by atoms with Gasteiger partial charge < -0.3 is 11.1 Å². The van der Waals surface area contributed by atoms with E-state index in [0.29, 0.717) is 6.42 Å². The first-order chi connectivity index (χ1) is 7.22. The molecule has 0 saturated carbocycles. The van der Waals surface area contributed by atoms with Gasteiger partial charge in [-0.3, -0.25) is 4.79 Å². The van der Waals surface area contributed by atoms with Crippen molar-refractivity contribution in [2.24, 2.45) is 0 Å². The summed E-state index contributed by atoms with van der Waals surface area (Å²) < 4.78 is 0. The number of halogens is 1. The number of carbonyl (C=O) groups is 1. The van der Waals surface area contributed by atoms with E-state index in [1.807, 2.05) is 24.3 Å². The number of anilines is 1. The lowest BCUT2D eigenvalue weighted by Crippen LogP contribution is -2.25. The van der Waals surface area contributed by atoms with E-state index in [2.05, 4.69) is 12.2 Å². The third-order valence-corrected chi connectivity index (χ3v) is 2.20. The third kappa shape index (κ3) is 5.61. The molecule has 0 heterocycles. The molecule has 0 aromatic heterocycles. The van der Waals surface area contributed by atoms with Gasteiger partial charge in [-0.05, 0) is 24.1 Å². The molecule has 0 atom stereocenters. The molecule has 0 bridgehead atoms. The van der Waals surface area contributed by atoms with Crippen molar-refractivity contribution in [3.05, 3.63) is 29.8 Å². The van der Waals surface area contributed by atoms with E-state index in [1.165, 1.54) is 0 Å². The van der Waals surface area contributed by atoms with Crippen molar-refractivity contribution in [1.82, 2.24) is 5.32 Å². The molecule has 0 spiro atoms. The molecule has 0 fully saturated rings. The summed E-state index contributed by atoms with van der Waals surface area (Å²) in [6.07, 6.45) is 2.57. The van der Waals surface area contributed by atoms with Gasteiger partial charge in [0, 0.05) is 12.2 Å². The lowest BCUT2D eigenvalue weighted by atomic mass is 10.1. The van der Waals surface area contributed by atoms with Crippen molar-refractivity contribution >= 4 is 24.0 Å². The van der Waals surface area contributed by atoms with Gasteiger partial charge in [-0.1, -0.05) is 25.5 Å². The fraction of sp³-hybridized carbons (Fsp3) is 0.417. The van der Waals surface area contributed by atoms with Crippen LogP contribution >= 0.6 is 12.4 Å². The first kappa shape index (κ1) is 14.8. The van der Waals surface area contributed by atoms with Crippen LogP contribution in [0, 0.1) is 0 Å². The van der Waals surface area contributed by atoms with Crippen LogP contribution in [0.25, 0.3) is 0 Å². The molecule has 1 rings (SSSR count). The van der Waals surface area contributed by atoms with Gasteiger partial charge >= 0.3 is 0 Å². The number of hydrogen-bond donors (Lipinski definition) is 2. The second-order valence-electron chi connectivity index (χ2n) is 3.62. The molecule has 4 heteroatoms. The zero-order valence-corrected chi connectivity index (χ0v) is 10.3. The van der Waals surface area contributed by atoms with Crippen molar-refractivity contribution in [2.75, 3.05) is 12.3 Å². The number of nitrogens with two attached hydrogens (primary N) is 1. The molecule has 3 nitrogen and oxygen atoms in total. The fourth-order valence-electron chi connectivity index (χ4n) is 1.29. The minimum absolute atomic E-state index is 0. The Kier molecular flexibility index (Phi) is 7.38. The number of carbonyl (C=O) groups excluding carboxylic acids is 1. The molecule has 1 aromatic carbocycles. The van der Waals surface area contributed by atoms with Crippen LogP contribution < -0.4 is 11.1 Å². The molecule has 0 unspecified atom stereocenters. The minimum Gasteiger partial charge on any atom is -0.399 e. The van der Waals surface area contributed by atoms with Gasteiger partial charge in [0.25, 0.3) is 0 Å². The number of nitrogens with one attached hydrogen (secondary N) is 1. The molecule has 3 N–H and O–H groups in total. The molecule has 1 amide bonds. The van der Waals surface area contributed by atoms with Crippen molar-refractivity contribution in [3.8, 4) is 0 Å². The summed E-state index contributed by atoms with van der Waals surface area (Å²) in [4.78, 5) is 11.4. The van der Waals surface area contributed by atoms with Gasteiger partial charge in [0.1, 0.15) is 0 Å². The average molecular weight is 243 g/mol. The van der Waals surface area contributed by atoms with Crippen LogP contribution in [0.15, 0.2) is 24.3 Å². The van der Waals surface area contributed by atoms with Crippen LogP contribution in [0.1, 0.15) is 25.3 Å². The summed E-state index contributed by atoms with van der Waals surface area (Å²) >= 11 is 0. The molecule has 0 saturated heterocycles. The summed E-state index contributed by atoms with van der Waals surface area (Å²) in [5, 5.41) is 2.88. The monoisotopic (exact) mass is 242 g/mol. The number of rotatable bonds is 5. The van der Waals surface area contributed by atoms with Crippen LogP contribution in [-0.4, -0.2) is 12.5 Å². The van der Waals surface area contributed by atoms with E-state index in [1.54, 1.807) is 0 Å². The van der Waals surface area contributed by atoms with Crippen molar-refractivity contribution < 1.29 is 4.79 Å². The molecule has 0 radical (unpaired) electrons. The maximum absolute atomic E-state index is 11.4. The Labute approximate surface area is 103 Å². The van der Waals surface area contributed by atoms with Gasteiger partial charge in [-0.2, -0.15) is 0 Å². The zero-order chi connectivity index (χ0) is 11.1. The Bertz CT molecular complexity index is 311. The predicted octanol–water partition coefficient (Wildman–Crippen LogP) is 2.15. The van der Waals surface area contributed by atoms with Gasteiger partial charge in [0.2, 0.25) is 5.91 Å². The van der Waals surface area contributed by atoms with E-state index in [9.17, 15) is 4.79 Å². The van der Waals surface area contributed by atoms with E-state index in [4.69, 9.17) is 5.73 Å². The number of hydrogen-bond acceptors (Lipinski definition) is 2. The molecule has 0 aliphatic carbocycles. The summed E-state index contributed by atoms with van der Waals surface area (Å²) in [5.74, 6) is 0.0771. The van der Waals surface area contributed by atoms with E-state index < -0.39 is 0 Å². The van der Waals surface area contributed by atoms with Crippen LogP contribution in [-0.2, 0) is 11.2 Å². The molecular formula is C12H19ClN2O. The summed E-state index contributed by atoms with van der Waals surface area (Å²) in [5.41, 5.74) is 7.28. The smallest absolute Gasteiger partial charge is 0.224 e. The summed E-state index contributed by atoms with van der Waals surface area (Å²) in [7, 11) is 0. The number of nitrogen functional groups attached to an aromatic ring is 1. The highest BCUT2D eigenvalue weighted by atomic mass is 35.5. The first-order valence-electron chi connectivity index (χ1n) is 5.33. The Morgan fingerprint density at radius 3 is 2.50 bits per heavy atom. The lowest BCUT2D eigenvalue weighted by Gasteiger charge is -2.04. The maximum Gasteiger partial charge on any atom is 0.224 e. The van der Waals surface area contributed by atoms with Crippen molar-refractivity contribution in [1.29, 1.82) is 0 Å². The number of amides is 1. The third-order valence-electron chi connectivity index (χ3n) is 2.20. The number of benzene rings is 1. The van der Waals surface area contributed by atoms with E-state index >= 15 is 0 Å². The fourth-order valence-corrected chi connectivity index (χ4v) is 1.29. The van der Waals surface area contributed by atoms with Gasteiger partial charge in [0.15, 0.2) is 0 Å². The molecule has 0 aliphatic heterocycles. The van der Waals surface area contributed by atoms with E-state index in [0.717, 1.165) is 30.6 Å². The van der Waals surface area contributed by atoms with Crippen LogP contribution in [0.3, 0.4) is 0 Å².